The third-order valence-electron chi connectivity index (χ3n) is 3.62. The third-order valence-corrected chi connectivity index (χ3v) is 3.62. The number of hydrogen-bond acceptors (Lipinski definition) is 6. The summed E-state index contributed by atoms with van der Waals surface area (Å²) in [5, 5.41) is 10.3. The Kier molecular flexibility index (Phi) is 3.96. The number of ether oxygens (including phenoxy) is 5. The zero-order valence-corrected chi connectivity index (χ0v) is 11.5. The molecule has 6 atom stereocenters. The number of rotatable bonds is 3. The van der Waals surface area contributed by atoms with Gasteiger partial charge in [0.2, 0.25) is 0 Å². The molecule has 1 N–H and O–H groups in total. The first-order valence-electron chi connectivity index (χ1n) is 6.07. The van der Waals surface area contributed by atoms with Crippen LogP contribution in [0.2, 0.25) is 0 Å². The van der Waals surface area contributed by atoms with Crippen LogP contribution in [-0.2, 0) is 23.7 Å². The van der Waals surface area contributed by atoms with Crippen LogP contribution in [0.4, 0.5) is 0 Å². The second kappa shape index (κ2) is 5.03. The lowest BCUT2D eigenvalue weighted by Crippen LogP contribution is -2.64. The molecular weight excluding hydrogens is 240 g/mol. The van der Waals surface area contributed by atoms with Crippen molar-refractivity contribution in [3.05, 3.63) is 0 Å². The van der Waals surface area contributed by atoms with E-state index >= 15 is 0 Å². The number of fused-ring (bicyclic) bond motifs is 1. The van der Waals surface area contributed by atoms with E-state index in [-0.39, 0.29) is 18.3 Å². The Bertz CT molecular complexity index is 294. The van der Waals surface area contributed by atoms with Crippen molar-refractivity contribution in [2.24, 2.45) is 0 Å². The van der Waals surface area contributed by atoms with Gasteiger partial charge in [-0.1, -0.05) is 0 Å². The maximum Gasteiger partial charge on any atom is 0.164 e. The first-order chi connectivity index (χ1) is 8.45. The Balaban J connectivity index is 2.29. The minimum absolute atomic E-state index is 0.316. The molecule has 6 heteroatoms. The van der Waals surface area contributed by atoms with Crippen LogP contribution < -0.4 is 0 Å². The average molecular weight is 262 g/mol. The highest BCUT2D eigenvalue weighted by Crippen LogP contribution is 2.40. The van der Waals surface area contributed by atoms with Crippen molar-refractivity contribution in [3.63, 3.8) is 0 Å². The fourth-order valence-electron chi connectivity index (χ4n) is 2.90. The van der Waals surface area contributed by atoms with Gasteiger partial charge in [-0.25, -0.2) is 0 Å². The van der Waals surface area contributed by atoms with Crippen molar-refractivity contribution < 1.29 is 28.8 Å². The molecular formula is C12H22O6. The zero-order chi connectivity index (χ0) is 13.5. The minimum Gasteiger partial charge on any atom is -0.387 e. The normalized spacial score (nSPS) is 47.0. The van der Waals surface area contributed by atoms with Crippen molar-refractivity contribution >= 4 is 0 Å². The van der Waals surface area contributed by atoms with Gasteiger partial charge in [0.15, 0.2) is 5.79 Å². The maximum atomic E-state index is 10.3. The van der Waals surface area contributed by atoms with Crippen LogP contribution in [-0.4, -0.2) is 68.8 Å². The fourth-order valence-corrected chi connectivity index (χ4v) is 2.90. The van der Waals surface area contributed by atoms with Gasteiger partial charge in [0.05, 0.1) is 0 Å². The molecule has 18 heavy (non-hydrogen) atoms. The molecule has 0 spiro atoms. The lowest BCUT2D eigenvalue weighted by Gasteiger charge is -2.43. The molecule has 2 rings (SSSR count). The van der Waals surface area contributed by atoms with E-state index in [1.165, 1.54) is 7.11 Å². The summed E-state index contributed by atoms with van der Waals surface area (Å²) in [5.41, 5.74) is 0. The van der Waals surface area contributed by atoms with E-state index in [2.05, 4.69) is 0 Å². The fraction of sp³-hybridized carbons (Fsp3) is 1.00. The van der Waals surface area contributed by atoms with E-state index in [4.69, 9.17) is 23.7 Å². The van der Waals surface area contributed by atoms with E-state index in [0.717, 1.165) is 0 Å². The molecule has 106 valence electrons. The highest BCUT2D eigenvalue weighted by Gasteiger charge is 2.58. The predicted molar refractivity (Wildman–Crippen MR) is 62.2 cm³/mol. The van der Waals surface area contributed by atoms with Crippen molar-refractivity contribution in [3.8, 4) is 0 Å². The van der Waals surface area contributed by atoms with Crippen LogP contribution >= 0.6 is 0 Å². The molecule has 1 heterocycles. The van der Waals surface area contributed by atoms with Crippen LogP contribution in [0, 0.1) is 0 Å². The molecule has 1 aliphatic carbocycles. The Morgan fingerprint density at radius 2 is 1.28 bits per heavy atom. The molecule has 2 fully saturated rings. The molecule has 0 amide bonds. The standard InChI is InChI=1S/C12H22O6/c1-12(2)17-10-8(15-4)6(13)7(14-3)9(16-5)11(10)18-12/h6-11,13H,1-5H3. The molecule has 0 aromatic carbocycles. The SMILES string of the molecule is COC1C(O)C(OC)C2OC(C)(C)OC2C1OC. The summed E-state index contributed by atoms with van der Waals surface area (Å²) < 4.78 is 27.7. The number of hydrogen-bond donors (Lipinski definition) is 1. The van der Waals surface area contributed by atoms with Crippen LogP contribution in [0.3, 0.4) is 0 Å². The molecule has 0 radical (unpaired) electrons. The summed E-state index contributed by atoms with van der Waals surface area (Å²) in [6, 6.07) is 0. The van der Waals surface area contributed by atoms with Crippen LogP contribution in [0.1, 0.15) is 13.8 Å². The second-order valence-electron chi connectivity index (χ2n) is 5.16. The summed E-state index contributed by atoms with van der Waals surface area (Å²) in [4.78, 5) is 0. The smallest absolute Gasteiger partial charge is 0.164 e. The van der Waals surface area contributed by atoms with Crippen molar-refractivity contribution in [2.75, 3.05) is 21.3 Å². The van der Waals surface area contributed by atoms with E-state index in [1.807, 2.05) is 13.8 Å². The van der Waals surface area contributed by atoms with Gasteiger partial charge in [-0.05, 0) is 13.8 Å². The molecule has 0 aromatic heterocycles. The van der Waals surface area contributed by atoms with E-state index in [0.29, 0.717) is 0 Å². The lowest BCUT2D eigenvalue weighted by molar-refractivity contribution is -0.214. The summed E-state index contributed by atoms with van der Waals surface area (Å²) in [5.74, 6) is -0.717. The van der Waals surface area contributed by atoms with Crippen LogP contribution in [0.15, 0.2) is 0 Å². The number of aliphatic hydroxyl groups excluding tert-OH is 1. The minimum atomic E-state index is -0.816. The summed E-state index contributed by atoms with van der Waals surface area (Å²) >= 11 is 0. The summed E-state index contributed by atoms with van der Waals surface area (Å²) in [6.45, 7) is 3.66. The van der Waals surface area contributed by atoms with Gasteiger partial charge in [0.1, 0.15) is 36.6 Å². The molecule has 2 aliphatic rings. The van der Waals surface area contributed by atoms with Gasteiger partial charge >= 0.3 is 0 Å². The van der Waals surface area contributed by atoms with Gasteiger partial charge in [0, 0.05) is 21.3 Å². The Hall–Kier alpha value is -0.240. The lowest BCUT2D eigenvalue weighted by atomic mass is 9.84. The molecule has 1 saturated carbocycles. The Morgan fingerprint density at radius 1 is 0.833 bits per heavy atom. The van der Waals surface area contributed by atoms with Gasteiger partial charge < -0.3 is 28.8 Å². The number of methoxy groups -OCH3 is 3. The molecule has 0 aromatic rings. The predicted octanol–water partition coefficient (Wildman–Crippen LogP) is -0.0740. The van der Waals surface area contributed by atoms with Crippen molar-refractivity contribution in [2.45, 2.75) is 56.3 Å². The second-order valence-corrected chi connectivity index (χ2v) is 5.16. The van der Waals surface area contributed by atoms with E-state index in [1.54, 1.807) is 14.2 Å². The topological polar surface area (TPSA) is 66.4 Å². The van der Waals surface area contributed by atoms with E-state index < -0.39 is 24.1 Å². The zero-order valence-electron chi connectivity index (χ0n) is 11.5. The summed E-state index contributed by atoms with van der Waals surface area (Å²) in [7, 11) is 4.65. The van der Waals surface area contributed by atoms with Gasteiger partial charge in [0.25, 0.3) is 0 Å². The van der Waals surface area contributed by atoms with Crippen molar-refractivity contribution in [1.29, 1.82) is 0 Å². The maximum absolute atomic E-state index is 10.3. The molecule has 1 aliphatic heterocycles. The quantitative estimate of drug-likeness (QED) is 0.768. The molecule has 6 unspecified atom stereocenters. The Morgan fingerprint density at radius 3 is 1.72 bits per heavy atom. The van der Waals surface area contributed by atoms with Gasteiger partial charge in [-0.3, -0.25) is 0 Å². The van der Waals surface area contributed by atoms with Crippen LogP contribution in [0.25, 0.3) is 0 Å². The summed E-state index contributed by atoms with van der Waals surface area (Å²) in [6.07, 6.45) is -2.88. The first kappa shape index (κ1) is 14.2. The highest BCUT2D eigenvalue weighted by molar-refractivity contribution is 5.05. The van der Waals surface area contributed by atoms with Gasteiger partial charge in [-0.2, -0.15) is 0 Å². The monoisotopic (exact) mass is 262 g/mol. The average Bonchev–Trinajstić information content (AvgIpc) is 2.62. The van der Waals surface area contributed by atoms with Gasteiger partial charge in [-0.15, -0.1) is 0 Å². The highest BCUT2D eigenvalue weighted by atomic mass is 16.8. The van der Waals surface area contributed by atoms with Crippen molar-refractivity contribution in [1.82, 2.24) is 0 Å². The third kappa shape index (κ3) is 2.17. The molecule has 1 saturated heterocycles. The number of aliphatic hydroxyl groups is 1. The Labute approximate surface area is 107 Å². The van der Waals surface area contributed by atoms with Crippen LogP contribution in [0.5, 0.6) is 0 Å². The molecule has 6 nitrogen and oxygen atoms in total. The molecule has 0 bridgehead atoms. The van der Waals surface area contributed by atoms with E-state index in [9.17, 15) is 5.11 Å². The largest absolute Gasteiger partial charge is 0.387 e. The first-order valence-corrected chi connectivity index (χ1v) is 6.07.